The average Bonchev–Trinajstić information content (AvgIpc) is 2.46. The first-order valence-electron chi connectivity index (χ1n) is 6.55. The zero-order valence-corrected chi connectivity index (χ0v) is 11.9. The lowest BCUT2D eigenvalue weighted by Crippen LogP contribution is -2.23. The van der Waals surface area contributed by atoms with Crippen molar-refractivity contribution in [2.75, 3.05) is 13.2 Å². The van der Waals surface area contributed by atoms with Crippen molar-refractivity contribution in [3.05, 3.63) is 29.1 Å². The van der Waals surface area contributed by atoms with Crippen LogP contribution in [-0.4, -0.2) is 13.2 Å². The summed E-state index contributed by atoms with van der Waals surface area (Å²) >= 11 is 0. The maximum atomic E-state index is 13.3. The predicted molar refractivity (Wildman–Crippen MR) is 68.4 cm³/mol. The zero-order chi connectivity index (χ0) is 16.2. The first-order chi connectivity index (χ1) is 9.71. The van der Waals surface area contributed by atoms with Crippen LogP contribution in [0.5, 0.6) is 5.75 Å². The number of unbranched alkanes of at least 4 members (excludes halogenated alkanes) is 1. The fourth-order valence-electron chi connectivity index (χ4n) is 1.69. The molecule has 1 aromatic carbocycles. The van der Waals surface area contributed by atoms with Crippen LogP contribution < -0.4 is 10.5 Å². The van der Waals surface area contributed by atoms with Gasteiger partial charge in [-0.2, -0.15) is 8.78 Å². The van der Waals surface area contributed by atoms with E-state index >= 15 is 0 Å². The SMILES string of the molecule is CC(C)(CN)CCCCOc1c(F)c(F)c(F)c(F)c1F. The lowest BCUT2D eigenvalue weighted by atomic mass is 9.87. The molecule has 0 saturated heterocycles. The lowest BCUT2D eigenvalue weighted by Gasteiger charge is -2.21. The summed E-state index contributed by atoms with van der Waals surface area (Å²) in [6, 6.07) is 0. The van der Waals surface area contributed by atoms with E-state index < -0.39 is 34.8 Å². The third kappa shape index (κ3) is 4.30. The summed E-state index contributed by atoms with van der Waals surface area (Å²) in [7, 11) is 0. The summed E-state index contributed by atoms with van der Waals surface area (Å²) in [5.74, 6) is -11.3. The van der Waals surface area contributed by atoms with Gasteiger partial charge in [-0.1, -0.05) is 13.8 Å². The minimum absolute atomic E-state index is 0.0649. The van der Waals surface area contributed by atoms with Gasteiger partial charge in [0, 0.05) is 0 Å². The largest absolute Gasteiger partial charge is 0.487 e. The van der Waals surface area contributed by atoms with Gasteiger partial charge < -0.3 is 10.5 Å². The third-order valence-electron chi connectivity index (χ3n) is 3.22. The first kappa shape index (κ1) is 17.7. The van der Waals surface area contributed by atoms with Gasteiger partial charge in [0.25, 0.3) is 0 Å². The number of nitrogens with two attached hydrogens (primary N) is 1. The Morgan fingerprint density at radius 1 is 0.857 bits per heavy atom. The highest BCUT2D eigenvalue weighted by molar-refractivity contribution is 5.29. The van der Waals surface area contributed by atoms with E-state index in [1.807, 2.05) is 13.8 Å². The summed E-state index contributed by atoms with van der Waals surface area (Å²) in [6.07, 6.45) is 1.85. The normalized spacial score (nSPS) is 11.8. The molecule has 21 heavy (non-hydrogen) atoms. The molecule has 0 unspecified atom stereocenters. The molecule has 0 heterocycles. The summed E-state index contributed by atoms with van der Waals surface area (Å²) in [5, 5.41) is 0. The molecule has 0 amide bonds. The van der Waals surface area contributed by atoms with Crippen molar-refractivity contribution in [2.45, 2.75) is 33.1 Å². The Morgan fingerprint density at radius 2 is 1.33 bits per heavy atom. The quantitative estimate of drug-likeness (QED) is 0.358. The second-order valence-corrected chi connectivity index (χ2v) is 5.57. The van der Waals surface area contributed by atoms with Crippen molar-refractivity contribution >= 4 is 0 Å². The molecule has 0 bridgehead atoms. The van der Waals surface area contributed by atoms with Gasteiger partial charge >= 0.3 is 0 Å². The number of rotatable bonds is 7. The molecule has 1 rings (SSSR count). The number of halogens is 5. The van der Waals surface area contributed by atoms with Crippen LogP contribution >= 0.6 is 0 Å². The van der Waals surface area contributed by atoms with Crippen LogP contribution in [0.15, 0.2) is 0 Å². The molecule has 0 atom stereocenters. The van der Waals surface area contributed by atoms with Gasteiger partial charge in [-0.25, -0.2) is 13.2 Å². The van der Waals surface area contributed by atoms with Gasteiger partial charge in [0.2, 0.25) is 29.1 Å². The molecule has 0 radical (unpaired) electrons. The number of ether oxygens (including phenoxy) is 1. The molecule has 2 N–H and O–H groups in total. The molecule has 120 valence electrons. The smallest absolute Gasteiger partial charge is 0.206 e. The van der Waals surface area contributed by atoms with Gasteiger partial charge in [-0.15, -0.1) is 0 Å². The van der Waals surface area contributed by atoms with Crippen molar-refractivity contribution in [3.8, 4) is 5.75 Å². The minimum Gasteiger partial charge on any atom is -0.487 e. The average molecular weight is 311 g/mol. The molecule has 0 aliphatic carbocycles. The van der Waals surface area contributed by atoms with Crippen molar-refractivity contribution in [2.24, 2.45) is 11.1 Å². The Balaban J connectivity index is 2.61. The molecule has 2 nitrogen and oxygen atoms in total. The van der Waals surface area contributed by atoms with Crippen molar-refractivity contribution in [1.82, 2.24) is 0 Å². The molecular formula is C14H18F5NO. The van der Waals surface area contributed by atoms with Crippen LogP contribution in [-0.2, 0) is 0 Å². The van der Waals surface area contributed by atoms with Crippen LogP contribution in [0.25, 0.3) is 0 Å². The molecule has 0 aromatic heterocycles. The Morgan fingerprint density at radius 3 is 1.81 bits per heavy atom. The summed E-state index contributed by atoms with van der Waals surface area (Å²) in [5.41, 5.74) is 5.49. The predicted octanol–water partition coefficient (Wildman–Crippen LogP) is 3.92. The molecule has 7 heteroatoms. The molecule has 0 spiro atoms. The van der Waals surface area contributed by atoms with Crippen LogP contribution in [0.3, 0.4) is 0 Å². The number of hydrogen-bond acceptors (Lipinski definition) is 2. The fraction of sp³-hybridized carbons (Fsp3) is 0.571. The summed E-state index contributed by atoms with van der Waals surface area (Å²) < 4.78 is 70.0. The van der Waals surface area contributed by atoms with Gasteiger partial charge in [-0.05, 0) is 31.2 Å². The van der Waals surface area contributed by atoms with Gasteiger partial charge in [-0.3, -0.25) is 0 Å². The highest BCUT2D eigenvalue weighted by Gasteiger charge is 2.26. The van der Waals surface area contributed by atoms with E-state index in [2.05, 4.69) is 0 Å². The van der Waals surface area contributed by atoms with E-state index in [-0.39, 0.29) is 12.0 Å². The van der Waals surface area contributed by atoms with Crippen molar-refractivity contribution in [3.63, 3.8) is 0 Å². The summed E-state index contributed by atoms with van der Waals surface area (Å²) in [4.78, 5) is 0. The highest BCUT2D eigenvalue weighted by Crippen LogP contribution is 2.29. The Kier molecular flexibility index (Phi) is 5.95. The molecule has 0 saturated carbocycles. The van der Waals surface area contributed by atoms with Crippen LogP contribution in [0.2, 0.25) is 0 Å². The van der Waals surface area contributed by atoms with Crippen LogP contribution in [0.4, 0.5) is 22.0 Å². The van der Waals surface area contributed by atoms with E-state index in [0.29, 0.717) is 19.4 Å². The second-order valence-electron chi connectivity index (χ2n) is 5.57. The van der Waals surface area contributed by atoms with Crippen molar-refractivity contribution < 1.29 is 26.7 Å². The molecular weight excluding hydrogens is 293 g/mol. The van der Waals surface area contributed by atoms with Crippen LogP contribution in [0, 0.1) is 34.5 Å². The van der Waals surface area contributed by atoms with Gasteiger partial charge in [0.15, 0.2) is 5.75 Å². The molecule has 0 aliphatic heterocycles. The number of benzene rings is 1. The maximum absolute atomic E-state index is 13.3. The number of hydrogen-bond donors (Lipinski definition) is 1. The van der Waals surface area contributed by atoms with Crippen LogP contribution in [0.1, 0.15) is 33.1 Å². The minimum atomic E-state index is -2.19. The summed E-state index contributed by atoms with van der Waals surface area (Å²) in [6.45, 7) is 4.29. The zero-order valence-electron chi connectivity index (χ0n) is 11.9. The topological polar surface area (TPSA) is 35.2 Å². The maximum Gasteiger partial charge on any atom is 0.206 e. The van der Waals surface area contributed by atoms with E-state index in [1.165, 1.54) is 0 Å². The molecule has 0 fully saturated rings. The standard InChI is InChI=1S/C14H18F5NO/c1-14(2,7-20)5-3-4-6-21-13-11(18)9(16)8(15)10(17)12(13)19/h3-7,20H2,1-2H3. The third-order valence-corrected chi connectivity index (χ3v) is 3.22. The van der Waals surface area contributed by atoms with Gasteiger partial charge in [0.05, 0.1) is 6.61 Å². The van der Waals surface area contributed by atoms with E-state index in [9.17, 15) is 22.0 Å². The van der Waals surface area contributed by atoms with E-state index in [0.717, 1.165) is 6.42 Å². The fourth-order valence-corrected chi connectivity index (χ4v) is 1.69. The second kappa shape index (κ2) is 7.06. The Labute approximate surface area is 120 Å². The first-order valence-corrected chi connectivity index (χ1v) is 6.55. The molecule has 1 aromatic rings. The van der Waals surface area contributed by atoms with Crippen molar-refractivity contribution in [1.29, 1.82) is 0 Å². The van der Waals surface area contributed by atoms with E-state index in [4.69, 9.17) is 10.5 Å². The lowest BCUT2D eigenvalue weighted by molar-refractivity contribution is 0.245. The highest BCUT2D eigenvalue weighted by atomic mass is 19.2. The Bertz CT molecular complexity index is 476. The monoisotopic (exact) mass is 311 g/mol. The van der Waals surface area contributed by atoms with Gasteiger partial charge in [0.1, 0.15) is 0 Å². The Hall–Kier alpha value is -1.37. The van der Waals surface area contributed by atoms with E-state index in [1.54, 1.807) is 0 Å². The molecule has 0 aliphatic rings.